The fraction of sp³-hybridized carbons (Fsp3) is 0.455. The molecule has 0 N–H and O–H groups in total. The quantitative estimate of drug-likeness (QED) is 0.590. The second-order valence-electron chi connectivity index (χ2n) is 3.53. The SMILES string of the molecule is CCN(CC)C(=O)c1ccnc(C)c1[N+](=O)[O-]. The molecular weight excluding hydrogens is 222 g/mol. The van der Waals surface area contributed by atoms with Crippen LogP contribution in [0.25, 0.3) is 0 Å². The molecule has 0 fully saturated rings. The normalized spacial score (nSPS) is 10.1. The molecule has 1 amide bonds. The van der Waals surface area contributed by atoms with Crippen LogP contribution in [-0.2, 0) is 0 Å². The first kappa shape index (κ1) is 13.1. The van der Waals surface area contributed by atoms with Crippen molar-refractivity contribution in [3.8, 4) is 0 Å². The van der Waals surface area contributed by atoms with E-state index >= 15 is 0 Å². The molecule has 0 aliphatic heterocycles. The van der Waals surface area contributed by atoms with Gasteiger partial charge in [0.1, 0.15) is 11.3 Å². The Hall–Kier alpha value is -1.98. The summed E-state index contributed by atoms with van der Waals surface area (Å²) in [5, 5.41) is 10.9. The van der Waals surface area contributed by atoms with Crippen LogP contribution in [0.5, 0.6) is 0 Å². The van der Waals surface area contributed by atoms with E-state index < -0.39 is 4.92 Å². The zero-order valence-electron chi connectivity index (χ0n) is 10.1. The number of aromatic nitrogens is 1. The molecule has 0 bridgehead atoms. The van der Waals surface area contributed by atoms with Gasteiger partial charge in [-0.15, -0.1) is 0 Å². The number of nitrogens with zero attached hydrogens (tertiary/aromatic N) is 3. The third-order valence-corrected chi connectivity index (χ3v) is 2.57. The number of pyridine rings is 1. The maximum absolute atomic E-state index is 12.1. The number of amides is 1. The standard InChI is InChI=1S/C11H15N3O3/c1-4-13(5-2)11(15)9-6-7-12-8(3)10(9)14(16)17/h6-7H,4-5H2,1-3H3. The Morgan fingerprint density at radius 2 is 2.06 bits per heavy atom. The van der Waals surface area contributed by atoms with E-state index in [1.165, 1.54) is 19.2 Å². The lowest BCUT2D eigenvalue weighted by Gasteiger charge is -2.18. The molecule has 0 aliphatic rings. The van der Waals surface area contributed by atoms with E-state index in [9.17, 15) is 14.9 Å². The van der Waals surface area contributed by atoms with E-state index in [0.29, 0.717) is 13.1 Å². The highest BCUT2D eigenvalue weighted by atomic mass is 16.6. The second-order valence-corrected chi connectivity index (χ2v) is 3.53. The minimum atomic E-state index is -0.556. The van der Waals surface area contributed by atoms with Gasteiger partial charge in [-0.2, -0.15) is 0 Å². The average Bonchev–Trinajstić information content (AvgIpc) is 2.29. The zero-order chi connectivity index (χ0) is 13.0. The number of carbonyl (C=O) groups is 1. The van der Waals surface area contributed by atoms with Gasteiger partial charge < -0.3 is 4.90 Å². The number of aryl methyl sites for hydroxylation is 1. The molecule has 0 saturated heterocycles. The Kier molecular flexibility index (Phi) is 4.14. The van der Waals surface area contributed by atoms with E-state index in [-0.39, 0.29) is 22.9 Å². The Balaban J connectivity index is 3.26. The van der Waals surface area contributed by atoms with E-state index in [0.717, 1.165) is 0 Å². The Labute approximate surface area is 99.4 Å². The van der Waals surface area contributed by atoms with Crippen molar-refractivity contribution in [1.82, 2.24) is 9.88 Å². The smallest absolute Gasteiger partial charge is 0.303 e. The summed E-state index contributed by atoms with van der Waals surface area (Å²) < 4.78 is 0. The van der Waals surface area contributed by atoms with E-state index in [2.05, 4.69) is 4.98 Å². The Morgan fingerprint density at radius 3 is 2.53 bits per heavy atom. The van der Waals surface area contributed by atoms with Gasteiger partial charge in [0.05, 0.1) is 4.92 Å². The van der Waals surface area contributed by atoms with Gasteiger partial charge in [-0.05, 0) is 26.8 Å². The van der Waals surface area contributed by atoms with Crippen LogP contribution in [0.4, 0.5) is 5.69 Å². The second kappa shape index (κ2) is 5.38. The number of hydrogen-bond acceptors (Lipinski definition) is 4. The predicted octanol–water partition coefficient (Wildman–Crippen LogP) is 1.78. The van der Waals surface area contributed by atoms with Crippen LogP contribution in [0.15, 0.2) is 12.3 Å². The van der Waals surface area contributed by atoms with Crippen molar-refractivity contribution in [2.75, 3.05) is 13.1 Å². The lowest BCUT2D eigenvalue weighted by molar-refractivity contribution is -0.386. The van der Waals surface area contributed by atoms with Crippen molar-refractivity contribution in [1.29, 1.82) is 0 Å². The molecule has 1 aromatic heterocycles. The number of rotatable bonds is 4. The number of nitro groups is 1. The van der Waals surface area contributed by atoms with Gasteiger partial charge in [-0.1, -0.05) is 0 Å². The molecule has 1 rings (SSSR count). The molecule has 0 unspecified atom stereocenters. The molecule has 1 aromatic rings. The summed E-state index contributed by atoms with van der Waals surface area (Å²) >= 11 is 0. The predicted molar refractivity (Wildman–Crippen MR) is 62.9 cm³/mol. The summed E-state index contributed by atoms with van der Waals surface area (Å²) in [5.41, 5.74) is 0.156. The van der Waals surface area contributed by atoms with Gasteiger partial charge in [0.2, 0.25) is 0 Å². The van der Waals surface area contributed by atoms with Gasteiger partial charge >= 0.3 is 5.69 Å². The molecule has 0 spiro atoms. The fourth-order valence-corrected chi connectivity index (χ4v) is 1.64. The van der Waals surface area contributed by atoms with Gasteiger partial charge in [-0.3, -0.25) is 19.9 Å². The molecule has 0 saturated carbocycles. The fourth-order valence-electron chi connectivity index (χ4n) is 1.64. The van der Waals surface area contributed by atoms with Crippen molar-refractivity contribution in [2.45, 2.75) is 20.8 Å². The molecule has 6 heteroatoms. The van der Waals surface area contributed by atoms with Crippen LogP contribution in [0, 0.1) is 17.0 Å². The number of carbonyl (C=O) groups excluding carboxylic acids is 1. The maximum atomic E-state index is 12.1. The summed E-state index contributed by atoms with van der Waals surface area (Å²) in [7, 11) is 0. The molecule has 0 radical (unpaired) electrons. The summed E-state index contributed by atoms with van der Waals surface area (Å²) in [6, 6.07) is 1.39. The first-order chi connectivity index (χ1) is 8.02. The molecular formula is C11H15N3O3. The molecule has 0 aliphatic carbocycles. The largest absolute Gasteiger partial charge is 0.339 e. The van der Waals surface area contributed by atoms with E-state index in [1.54, 1.807) is 4.90 Å². The molecule has 0 atom stereocenters. The minimum Gasteiger partial charge on any atom is -0.339 e. The van der Waals surface area contributed by atoms with Crippen molar-refractivity contribution in [2.24, 2.45) is 0 Å². The van der Waals surface area contributed by atoms with Crippen LogP contribution >= 0.6 is 0 Å². The molecule has 17 heavy (non-hydrogen) atoms. The highest BCUT2D eigenvalue weighted by Gasteiger charge is 2.25. The molecule has 1 heterocycles. The summed E-state index contributed by atoms with van der Waals surface area (Å²) in [6.07, 6.45) is 1.42. The molecule has 92 valence electrons. The van der Waals surface area contributed by atoms with Crippen molar-refractivity contribution >= 4 is 11.6 Å². The van der Waals surface area contributed by atoms with Crippen LogP contribution < -0.4 is 0 Å². The van der Waals surface area contributed by atoms with Crippen LogP contribution in [0.2, 0.25) is 0 Å². The van der Waals surface area contributed by atoms with E-state index in [1.807, 2.05) is 13.8 Å². The first-order valence-electron chi connectivity index (χ1n) is 5.42. The maximum Gasteiger partial charge on any atom is 0.303 e. The van der Waals surface area contributed by atoms with Crippen molar-refractivity contribution in [3.63, 3.8) is 0 Å². The summed E-state index contributed by atoms with van der Waals surface area (Å²) in [4.78, 5) is 27.8. The topological polar surface area (TPSA) is 76.3 Å². The third kappa shape index (κ3) is 2.58. The minimum absolute atomic E-state index is 0.103. The molecule has 6 nitrogen and oxygen atoms in total. The third-order valence-electron chi connectivity index (χ3n) is 2.57. The summed E-state index contributed by atoms with van der Waals surface area (Å²) in [6.45, 7) is 6.24. The lowest BCUT2D eigenvalue weighted by atomic mass is 10.1. The zero-order valence-corrected chi connectivity index (χ0v) is 10.1. The summed E-state index contributed by atoms with van der Waals surface area (Å²) in [5.74, 6) is -0.327. The van der Waals surface area contributed by atoms with Gasteiger partial charge in [0.25, 0.3) is 5.91 Å². The van der Waals surface area contributed by atoms with E-state index in [4.69, 9.17) is 0 Å². The van der Waals surface area contributed by atoms with Gasteiger partial charge in [0, 0.05) is 19.3 Å². The highest BCUT2D eigenvalue weighted by Crippen LogP contribution is 2.22. The monoisotopic (exact) mass is 237 g/mol. The molecule has 0 aromatic carbocycles. The Morgan fingerprint density at radius 1 is 1.47 bits per heavy atom. The highest BCUT2D eigenvalue weighted by molar-refractivity contribution is 5.98. The van der Waals surface area contributed by atoms with Crippen molar-refractivity contribution < 1.29 is 9.72 Å². The van der Waals surface area contributed by atoms with Crippen molar-refractivity contribution in [3.05, 3.63) is 33.6 Å². The van der Waals surface area contributed by atoms with Gasteiger partial charge in [0.15, 0.2) is 0 Å². The Bertz CT molecular complexity index is 442. The number of hydrogen-bond donors (Lipinski definition) is 0. The average molecular weight is 237 g/mol. The van der Waals surface area contributed by atoms with Crippen LogP contribution in [0.1, 0.15) is 29.9 Å². The van der Waals surface area contributed by atoms with Crippen LogP contribution in [0.3, 0.4) is 0 Å². The van der Waals surface area contributed by atoms with Gasteiger partial charge in [-0.25, -0.2) is 0 Å². The van der Waals surface area contributed by atoms with Crippen LogP contribution in [-0.4, -0.2) is 33.8 Å². The first-order valence-corrected chi connectivity index (χ1v) is 5.42. The lowest BCUT2D eigenvalue weighted by Crippen LogP contribution is -2.31.